The van der Waals surface area contributed by atoms with Crippen LogP contribution < -0.4 is 11.5 Å². The average Bonchev–Trinajstić information content (AvgIpc) is 3.83. The standard InChI is InChI=1S/C28H41FN10O9P2S2Si/c1-7-14-15(45-26(17(14)29)38-12-36-18-22(30)32-10-34-24(18)38)8-44-50(42,52)47-21-20(48-53(5,6)28(2,3)4)16(9-43-49(40,41)51)46-27(21)39-13-37-19-23(31)33-11-35-25(19)39/h7,10-17,20-21,26-27H,1,8-9H2,2-6H3,(H,42,52)(H2,30,32,34)(H2,31,33,35)(H2,40,41,51)/t14-,15-,16-,17-,20-,21-,26-,27-,50?/m1/s1. The van der Waals surface area contributed by atoms with Crippen molar-refractivity contribution in [2.45, 2.75) is 81.9 Å². The summed E-state index contributed by atoms with van der Waals surface area (Å²) >= 11 is 7.96. The number of alkyl halides is 1. The topological polar surface area (TPSA) is 249 Å². The van der Waals surface area contributed by atoms with Crippen molar-refractivity contribution in [3.05, 3.63) is 38.0 Å². The van der Waals surface area contributed by atoms with Crippen molar-refractivity contribution in [2.75, 3.05) is 24.7 Å². The van der Waals surface area contributed by atoms with E-state index < -0.39 is 84.1 Å². The van der Waals surface area contributed by atoms with Gasteiger partial charge in [-0.15, -0.1) is 6.58 Å². The second-order valence-corrected chi connectivity index (χ2v) is 24.4. The molecule has 0 bridgehead atoms. The van der Waals surface area contributed by atoms with Gasteiger partial charge in [0.05, 0.1) is 32.0 Å². The van der Waals surface area contributed by atoms with E-state index in [1.54, 1.807) is 0 Å². The third kappa shape index (κ3) is 8.22. The summed E-state index contributed by atoms with van der Waals surface area (Å²) in [5, 5.41) is -0.335. The third-order valence-corrected chi connectivity index (χ3v) is 16.5. The van der Waals surface area contributed by atoms with Crippen LogP contribution in [-0.4, -0.2) is 96.1 Å². The minimum atomic E-state index is -4.40. The molecule has 6 heterocycles. The van der Waals surface area contributed by atoms with E-state index in [4.69, 9.17) is 38.9 Å². The molecule has 0 radical (unpaired) electrons. The Kier molecular flexibility index (Phi) is 11.2. The number of hydrogen-bond acceptors (Lipinski definition) is 16. The Labute approximate surface area is 314 Å². The van der Waals surface area contributed by atoms with Crippen LogP contribution in [0.5, 0.6) is 0 Å². The summed E-state index contributed by atoms with van der Waals surface area (Å²) in [6, 6.07) is 0. The lowest BCUT2D eigenvalue weighted by Crippen LogP contribution is -2.50. The molecule has 0 aromatic carbocycles. The van der Waals surface area contributed by atoms with Gasteiger partial charge in [0.25, 0.3) is 0 Å². The Hall–Kier alpha value is -2.53. The minimum Gasteiger partial charge on any atom is -0.408 e. The number of aromatic nitrogens is 8. The monoisotopic (exact) mass is 834 g/mol. The van der Waals surface area contributed by atoms with Crippen LogP contribution in [0, 0.1) is 5.92 Å². The van der Waals surface area contributed by atoms with E-state index in [0.29, 0.717) is 0 Å². The van der Waals surface area contributed by atoms with Crippen LogP contribution in [-0.2, 0) is 36.6 Å². The summed E-state index contributed by atoms with van der Waals surface area (Å²) in [7, 11) is -2.69. The third-order valence-electron chi connectivity index (χ3n) is 9.56. The van der Waals surface area contributed by atoms with Crippen molar-refractivity contribution >= 4 is 80.4 Å². The van der Waals surface area contributed by atoms with Crippen LogP contribution >= 0.6 is 38.1 Å². The number of hydrogen-bond donors (Lipinski definition) is 5. The van der Waals surface area contributed by atoms with Crippen LogP contribution in [0.4, 0.5) is 16.0 Å². The van der Waals surface area contributed by atoms with Crippen molar-refractivity contribution in [2.24, 2.45) is 5.92 Å². The Bertz CT molecular complexity index is 2090. The summed E-state index contributed by atoms with van der Waals surface area (Å²) in [6.07, 6.45) is -1.91. The summed E-state index contributed by atoms with van der Waals surface area (Å²) in [5.41, 5.74) is 13.0. The Balaban J connectivity index is 1.30. The number of nitrogen functional groups attached to an aromatic ring is 2. The number of halogens is 1. The highest BCUT2D eigenvalue weighted by molar-refractivity contribution is 8.44. The van der Waals surface area contributed by atoms with Gasteiger partial charge < -0.3 is 30.3 Å². The molecule has 4 aromatic heterocycles. The van der Waals surface area contributed by atoms with Crippen molar-refractivity contribution in [3.8, 4) is 0 Å². The Morgan fingerprint density at radius 2 is 1.45 bits per heavy atom. The number of nitrogens with zero attached hydrogens (tertiary/aromatic N) is 8. The second kappa shape index (κ2) is 14.8. The molecule has 0 amide bonds. The molecule has 290 valence electrons. The Morgan fingerprint density at radius 3 is 1.98 bits per heavy atom. The van der Waals surface area contributed by atoms with E-state index in [1.807, 2.05) is 33.9 Å². The van der Waals surface area contributed by atoms with E-state index in [9.17, 15) is 14.0 Å². The summed E-state index contributed by atoms with van der Waals surface area (Å²) < 4.78 is 81.5. The maximum Gasteiger partial charge on any atom is 0.386 e. The first-order chi connectivity index (χ1) is 24.7. The lowest BCUT2D eigenvalue weighted by atomic mass is 10.00. The first-order valence-corrected chi connectivity index (χ1v) is 24.5. The van der Waals surface area contributed by atoms with Gasteiger partial charge in [0, 0.05) is 5.92 Å². The SMILES string of the molecule is C=C[C@H]1[C@@H](F)[C@H](n2cnc3c(N)ncnc32)O[C@@H]1COP(=O)(S)O[C@@H]1[C@H](O[Si](C)(C)C(C)(C)C)[C@@H](COP(=O)(O)S)O[C@H]1n1cnc2c(N)ncnc21. The van der Waals surface area contributed by atoms with Gasteiger partial charge in [-0.05, 0) is 18.1 Å². The van der Waals surface area contributed by atoms with E-state index in [-0.39, 0.29) is 39.0 Å². The molecule has 6 rings (SSSR count). The summed E-state index contributed by atoms with van der Waals surface area (Å²) in [6.45, 7) is 4.15. The number of fused-ring (bicyclic) bond motifs is 2. The molecule has 4 aromatic rings. The van der Waals surface area contributed by atoms with Crippen LogP contribution in [0.2, 0.25) is 18.1 Å². The zero-order chi connectivity index (χ0) is 38.7. The molecule has 0 aliphatic carbocycles. The van der Waals surface area contributed by atoms with Gasteiger partial charge >= 0.3 is 13.6 Å². The van der Waals surface area contributed by atoms with Crippen LogP contribution in [0.15, 0.2) is 38.0 Å². The molecule has 0 spiro atoms. The van der Waals surface area contributed by atoms with Crippen LogP contribution in [0.3, 0.4) is 0 Å². The van der Waals surface area contributed by atoms with Crippen LogP contribution in [0.25, 0.3) is 22.3 Å². The largest absolute Gasteiger partial charge is 0.408 e. The second-order valence-electron chi connectivity index (χ2n) is 14.0. The zero-order valence-electron chi connectivity index (χ0n) is 29.2. The lowest BCUT2D eigenvalue weighted by Gasteiger charge is -2.40. The van der Waals surface area contributed by atoms with Gasteiger partial charge in [-0.3, -0.25) is 22.7 Å². The summed E-state index contributed by atoms with van der Waals surface area (Å²) in [5.74, 6) is -0.707. The van der Waals surface area contributed by atoms with Gasteiger partial charge in [-0.2, -0.15) is 0 Å². The lowest BCUT2D eigenvalue weighted by molar-refractivity contribution is -0.0484. The van der Waals surface area contributed by atoms with E-state index >= 15 is 4.39 Å². The van der Waals surface area contributed by atoms with Crippen molar-refractivity contribution in [1.29, 1.82) is 0 Å². The molecule has 53 heavy (non-hydrogen) atoms. The summed E-state index contributed by atoms with van der Waals surface area (Å²) in [4.78, 5) is 34.8. The highest BCUT2D eigenvalue weighted by Crippen LogP contribution is 2.58. The molecular formula is C28H41FN10O9P2S2Si. The van der Waals surface area contributed by atoms with Crippen molar-refractivity contribution in [3.63, 3.8) is 0 Å². The molecule has 2 aliphatic heterocycles. The van der Waals surface area contributed by atoms with E-state index in [1.165, 1.54) is 40.5 Å². The fourth-order valence-electron chi connectivity index (χ4n) is 5.86. The molecule has 5 N–H and O–H groups in total. The molecule has 2 aliphatic rings. The zero-order valence-corrected chi connectivity index (χ0v) is 33.8. The highest BCUT2D eigenvalue weighted by Gasteiger charge is 2.54. The van der Waals surface area contributed by atoms with Gasteiger partial charge in [0.15, 0.2) is 49.9 Å². The van der Waals surface area contributed by atoms with E-state index in [2.05, 4.69) is 61.0 Å². The predicted molar refractivity (Wildman–Crippen MR) is 200 cm³/mol. The molecule has 25 heteroatoms. The first kappa shape index (κ1) is 40.1. The number of rotatable bonds is 13. The molecule has 0 saturated carbocycles. The maximum absolute atomic E-state index is 15.9. The van der Waals surface area contributed by atoms with Gasteiger partial charge in [0.2, 0.25) is 0 Å². The number of ether oxygens (including phenoxy) is 2. The average molecular weight is 835 g/mol. The number of thiol groups is 2. The normalized spacial score (nSPS) is 29.1. The first-order valence-electron chi connectivity index (χ1n) is 16.2. The van der Waals surface area contributed by atoms with Gasteiger partial charge in [0.1, 0.15) is 42.0 Å². The number of nitrogens with two attached hydrogens (primary N) is 2. The fourth-order valence-corrected chi connectivity index (χ4v) is 9.18. The van der Waals surface area contributed by atoms with Gasteiger partial charge in [-0.25, -0.2) is 43.4 Å². The molecule has 2 fully saturated rings. The van der Waals surface area contributed by atoms with E-state index in [0.717, 1.165) is 0 Å². The number of imidazole rings is 2. The fraction of sp³-hybridized carbons (Fsp3) is 0.571. The van der Waals surface area contributed by atoms with Crippen LogP contribution in [0.1, 0.15) is 33.2 Å². The molecule has 19 nitrogen and oxygen atoms in total. The predicted octanol–water partition coefficient (Wildman–Crippen LogP) is 4.64. The molecule has 10 atom stereocenters. The molecule has 2 unspecified atom stereocenters. The Morgan fingerprint density at radius 1 is 0.925 bits per heavy atom. The molecule has 2 saturated heterocycles. The quantitative estimate of drug-likeness (QED) is 0.0532. The highest BCUT2D eigenvalue weighted by atomic mass is 32.7. The van der Waals surface area contributed by atoms with Crippen molar-refractivity contribution < 1.29 is 45.9 Å². The molecular weight excluding hydrogens is 794 g/mol. The maximum atomic E-state index is 15.9. The van der Waals surface area contributed by atoms with Gasteiger partial charge in [-0.1, -0.05) is 51.3 Å². The smallest absolute Gasteiger partial charge is 0.386 e. The number of anilines is 2. The van der Waals surface area contributed by atoms with Crippen molar-refractivity contribution in [1.82, 2.24) is 39.0 Å². The minimum absolute atomic E-state index is 0.0927.